The van der Waals surface area contributed by atoms with E-state index in [0.29, 0.717) is 5.02 Å². The van der Waals surface area contributed by atoms with Crippen LogP contribution in [0.25, 0.3) is 0 Å². The molecule has 1 N–H and O–H groups in total. The first-order valence-electron chi connectivity index (χ1n) is 8.13. The van der Waals surface area contributed by atoms with E-state index in [0.717, 1.165) is 35.5 Å². The van der Waals surface area contributed by atoms with Gasteiger partial charge in [-0.25, -0.2) is 4.79 Å². The highest BCUT2D eigenvalue weighted by molar-refractivity contribution is 6.30. The second kappa shape index (κ2) is 6.36. The molecule has 0 aliphatic carbocycles. The van der Waals surface area contributed by atoms with Gasteiger partial charge in [0.15, 0.2) is 0 Å². The minimum absolute atomic E-state index is 0.304. The molecule has 0 saturated heterocycles. The number of hydrogen-bond donors (Lipinski definition) is 1. The molecule has 2 aromatic rings. The molecule has 0 atom stereocenters. The third-order valence-electron chi connectivity index (χ3n) is 4.66. The molecule has 1 amide bonds. The van der Waals surface area contributed by atoms with Gasteiger partial charge in [-0.2, -0.15) is 0 Å². The van der Waals surface area contributed by atoms with E-state index in [2.05, 4.69) is 11.4 Å². The molecule has 0 aromatic heterocycles. The number of ether oxygens (including phenoxy) is 1. The summed E-state index contributed by atoms with van der Waals surface area (Å²) in [5.41, 5.74) is 3.20. The van der Waals surface area contributed by atoms with E-state index in [1.54, 1.807) is 11.9 Å². The molecule has 0 unspecified atom stereocenters. The summed E-state index contributed by atoms with van der Waals surface area (Å²) in [6, 6.07) is 13.6. The number of nitrogens with zero attached hydrogens (tertiary/aromatic N) is 1. The highest BCUT2D eigenvalue weighted by atomic mass is 35.5. The molecule has 0 spiro atoms. The van der Waals surface area contributed by atoms with Crippen LogP contribution in [0.5, 0.6) is 0 Å². The van der Waals surface area contributed by atoms with Crippen LogP contribution in [-0.4, -0.2) is 13.1 Å². The van der Waals surface area contributed by atoms with Gasteiger partial charge in [-0.3, -0.25) is 4.90 Å². The van der Waals surface area contributed by atoms with Crippen LogP contribution < -0.4 is 10.2 Å². The van der Waals surface area contributed by atoms with Gasteiger partial charge in [0.05, 0.1) is 5.69 Å². The highest BCUT2D eigenvalue weighted by Gasteiger charge is 2.41. The average Bonchev–Trinajstić information content (AvgIpc) is 2.58. The van der Waals surface area contributed by atoms with E-state index in [1.807, 2.05) is 50.2 Å². The lowest BCUT2D eigenvalue weighted by Crippen LogP contribution is -2.43. The third-order valence-corrected chi connectivity index (χ3v) is 4.90. The molecule has 0 fully saturated rings. The molecule has 0 bridgehead atoms. The van der Waals surface area contributed by atoms with Gasteiger partial charge in [0.1, 0.15) is 5.60 Å². The Balaban J connectivity index is 2.03. The van der Waals surface area contributed by atoms with Crippen molar-refractivity contribution in [3.8, 4) is 0 Å². The van der Waals surface area contributed by atoms with Gasteiger partial charge in [-0.15, -0.1) is 0 Å². The molecule has 2 aromatic carbocycles. The maximum absolute atomic E-state index is 12.2. The Morgan fingerprint density at radius 1 is 1.12 bits per heavy atom. The van der Waals surface area contributed by atoms with Crippen LogP contribution in [0.3, 0.4) is 0 Å². The molecule has 1 aliphatic heterocycles. The van der Waals surface area contributed by atoms with Crippen molar-refractivity contribution in [1.29, 1.82) is 0 Å². The van der Waals surface area contributed by atoms with Crippen LogP contribution in [0.2, 0.25) is 5.02 Å². The van der Waals surface area contributed by atoms with E-state index in [1.165, 1.54) is 0 Å². The Hall–Kier alpha value is -2.20. The van der Waals surface area contributed by atoms with Gasteiger partial charge in [0, 0.05) is 29.0 Å². The molecule has 0 radical (unpaired) electrons. The predicted octanol–water partition coefficient (Wildman–Crippen LogP) is 5.69. The SMILES string of the molecule is CCC1(CC)OC(=O)N(C)c2ccc(Nc3cccc(Cl)c3)cc21. The number of benzene rings is 2. The monoisotopic (exact) mass is 344 g/mol. The van der Waals surface area contributed by atoms with Gasteiger partial charge in [0.2, 0.25) is 0 Å². The van der Waals surface area contributed by atoms with E-state index in [9.17, 15) is 4.79 Å². The molecule has 5 heteroatoms. The average molecular weight is 345 g/mol. The third kappa shape index (κ3) is 2.82. The standard InChI is InChI=1S/C19H21ClN2O2/c1-4-19(5-2)16-12-15(21-14-8-6-7-13(20)11-14)9-10-17(16)22(3)18(23)24-19/h6-12,21H,4-5H2,1-3H3. The normalized spacial score (nSPS) is 15.7. The zero-order valence-electron chi connectivity index (χ0n) is 14.1. The van der Waals surface area contributed by atoms with Crippen LogP contribution in [0.4, 0.5) is 21.9 Å². The number of cyclic esters (lactones) is 1. The lowest BCUT2D eigenvalue weighted by atomic mass is 9.85. The summed E-state index contributed by atoms with van der Waals surface area (Å²) in [5, 5.41) is 4.05. The molecular weight excluding hydrogens is 324 g/mol. The quantitative estimate of drug-likeness (QED) is 0.775. The van der Waals surface area contributed by atoms with Crippen LogP contribution in [-0.2, 0) is 10.3 Å². The fourth-order valence-electron chi connectivity index (χ4n) is 3.17. The van der Waals surface area contributed by atoms with Crippen LogP contribution in [0.15, 0.2) is 42.5 Å². The molecule has 0 saturated carbocycles. The van der Waals surface area contributed by atoms with Crippen molar-refractivity contribution < 1.29 is 9.53 Å². The Morgan fingerprint density at radius 3 is 2.50 bits per heavy atom. The second-order valence-corrected chi connectivity index (χ2v) is 6.43. The van der Waals surface area contributed by atoms with Gasteiger partial charge in [0.25, 0.3) is 0 Å². The number of halogens is 1. The fourth-order valence-corrected chi connectivity index (χ4v) is 3.36. The van der Waals surface area contributed by atoms with E-state index >= 15 is 0 Å². The van der Waals surface area contributed by atoms with Crippen molar-refractivity contribution in [2.24, 2.45) is 0 Å². The van der Waals surface area contributed by atoms with E-state index in [4.69, 9.17) is 16.3 Å². The van der Waals surface area contributed by atoms with Gasteiger partial charge in [-0.05, 0) is 49.2 Å². The first kappa shape index (κ1) is 16.7. The molecule has 126 valence electrons. The largest absolute Gasteiger partial charge is 0.438 e. The first-order valence-corrected chi connectivity index (χ1v) is 8.50. The van der Waals surface area contributed by atoms with Gasteiger partial charge < -0.3 is 10.1 Å². The number of nitrogens with one attached hydrogen (secondary N) is 1. The number of fused-ring (bicyclic) bond motifs is 1. The molecular formula is C19H21ClN2O2. The van der Waals surface area contributed by atoms with Gasteiger partial charge >= 0.3 is 6.09 Å². The summed E-state index contributed by atoms with van der Waals surface area (Å²) >= 11 is 6.05. The van der Waals surface area contributed by atoms with Crippen molar-refractivity contribution in [3.63, 3.8) is 0 Å². The fraction of sp³-hybridized carbons (Fsp3) is 0.316. The van der Waals surface area contributed by atoms with E-state index in [-0.39, 0.29) is 6.09 Å². The Morgan fingerprint density at radius 2 is 1.83 bits per heavy atom. The Labute approximate surface area is 147 Å². The molecule has 1 aliphatic rings. The first-order chi connectivity index (χ1) is 11.5. The summed E-state index contributed by atoms with van der Waals surface area (Å²) in [5.74, 6) is 0. The smallest absolute Gasteiger partial charge is 0.414 e. The molecule has 4 nitrogen and oxygen atoms in total. The second-order valence-electron chi connectivity index (χ2n) is 6.00. The van der Waals surface area contributed by atoms with Crippen molar-refractivity contribution >= 4 is 34.8 Å². The minimum Gasteiger partial charge on any atom is -0.438 e. The van der Waals surface area contributed by atoms with E-state index < -0.39 is 5.60 Å². The van der Waals surface area contributed by atoms with Crippen molar-refractivity contribution in [3.05, 3.63) is 53.1 Å². The number of rotatable bonds is 4. The van der Waals surface area contributed by atoms with Crippen molar-refractivity contribution in [1.82, 2.24) is 0 Å². The van der Waals surface area contributed by atoms with Crippen molar-refractivity contribution in [2.75, 3.05) is 17.3 Å². The number of carbonyl (C=O) groups is 1. The Bertz CT molecular complexity index is 772. The maximum atomic E-state index is 12.2. The number of anilines is 3. The summed E-state index contributed by atoms with van der Waals surface area (Å²) in [7, 11) is 1.74. The van der Waals surface area contributed by atoms with Crippen LogP contribution in [0, 0.1) is 0 Å². The summed E-state index contributed by atoms with van der Waals surface area (Å²) in [4.78, 5) is 13.7. The summed E-state index contributed by atoms with van der Waals surface area (Å²) in [6.45, 7) is 4.09. The molecule has 3 rings (SSSR count). The number of carbonyl (C=O) groups excluding carboxylic acids is 1. The topological polar surface area (TPSA) is 41.6 Å². The lowest BCUT2D eigenvalue weighted by Gasteiger charge is -2.41. The summed E-state index contributed by atoms with van der Waals surface area (Å²) in [6.07, 6.45) is 1.16. The zero-order valence-corrected chi connectivity index (χ0v) is 14.9. The zero-order chi connectivity index (χ0) is 17.3. The minimum atomic E-state index is -0.578. The summed E-state index contributed by atoms with van der Waals surface area (Å²) < 4.78 is 5.77. The van der Waals surface area contributed by atoms with Gasteiger partial charge in [-0.1, -0.05) is 31.5 Å². The lowest BCUT2D eigenvalue weighted by molar-refractivity contribution is -0.000183. The molecule has 24 heavy (non-hydrogen) atoms. The van der Waals surface area contributed by atoms with Crippen LogP contribution >= 0.6 is 11.6 Å². The number of amides is 1. The highest BCUT2D eigenvalue weighted by Crippen LogP contribution is 2.44. The van der Waals surface area contributed by atoms with Crippen molar-refractivity contribution in [2.45, 2.75) is 32.3 Å². The maximum Gasteiger partial charge on any atom is 0.414 e. The number of hydrogen-bond acceptors (Lipinski definition) is 3. The molecule has 1 heterocycles. The Kier molecular flexibility index (Phi) is 4.41. The predicted molar refractivity (Wildman–Crippen MR) is 98.3 cm³/mol. The van der Waals surface area contributed by atoms with Crippen LogP contribution in [0.1, 0.15) is 32.3 Å².